The highest BCUT2D eigenvalue weighted by atomic mass is 79.9. The third-order valence-corrected chi connectivity index (χ3v) is 5.12. The standard InChI is InChI=1S/C18H19BrN4/c19-16-11-21-23-17(8-9-20-18(16)23)15-7-4-10-22(13-15)12-14-5-2-1-3-6-14/h1-3,5-6,8-9,11,15H,4,7,10,12-13H2. The maximum Gasteiger partial charge on any atom is 0.169 e. The van der Waals surface area contributed by atoms with E-state index in [1.165, 1.54) is 30.6 Å². The lowest BCUT2D eigenvalue weighted by Crippen LogP contribution is -2.34. The van der Waals surface area contributed by atoms with Crippen molar-refractivity contribution in [1.82, 2.24) is 19.5 Å². The molecule has 1 unspecified atom stereocenters. The first-order valence-electron chi connectivity index (χ1n) is 8.05. The molecule has 0 bridgehead atoms. The van der Waals surface area contributed by atoms with E-state index in [-0.39, 0.29) is 0 Å². The van der Waals surface area contributed by atoms with E-state index in [9.17, 15) is 0 Å². The van der Waals surface area contributed by atoms with Crippen molar-refractivity contribution < 1.29 is 0 Å². The molecule has 4 rings (SSSR count). The molecule has 118 valence electrons. The van der Waals surface area contributed by atoms with Crippen LogP contribution in [0.25, 0.3) is 5.65 Å². The SMILES string of the molecule is Brc1cnn2c(C3CCCN(Cc4ccccc4)C3)ccnc12. The summed E-state index contributed by atoms with van der Waals surface area (Å²) in [5.74, 6) is 0.504. The number of benzene rings is 1. The van der Waals surface area contributed by atoms with Crippen LogP contribution in [0.5, 0.6) is 0 Å². The van der Waals surface area contributed by atoms with Gasteiger partial charge in [-0.1, -0.05) is 30.3 Å². The molecule has 1 aromatic carbocycles. The molecule has 0 radical (unpaired) electrons. The Labute approximate surface area is 144 Å². The zero-order chi connectivity index (χ0) is 15.6. The van der Waals surface area contributed by atoms with E-state index in [0.717, 1.165) is 23.2 Å². The van der Waals surface area contributed by atoms with Gasteiger partial charge in [0.25, 0.3) is 0 Å². The molecule has 5 heteroatoms. The maximum absolute atomic E-state index is 4.49. The molecule has 1 aliphatic heterocycles. The first-order valence-corrected chi connectivity index (χ1v) is 8.85. The molecule has 2 aromatic heterocycles. The average Bonchev–Trinajstić information content (AvgIpc) is 2.98. The summed E-state index contributed by atoms with van der Waals surface area (Å²) in [6.07, 6.45) is 6.16. The van der Waals surface area contributed by atoms with Crippen LogP contribution in [0.4, 0.5) is 0 Å². The minimum Gasteiger partial charge on any atom is -0.298 e. The van der Waals surface area contributed by atoms with E-state index in [2.05, 4.69) is 67.3 Å². The van der Waals surface area contributed by atoms with Gasteiger partial charge in [-0.25, -0.2) is 9.50 Å². The van der Waals surface area contributed by atoms with Gasteiger partial charge in [-0.2, -0.15) is 5.10 Å². The van der Waals surface area contributed by atoms with Gasteiger partial charge < -0.3 is 0 Å². The largest absolute Gasteiger partial charge is 0.298 e. The fourth-order valence-electron chi connectivity index (χ4n) is 3.47. The van der Waals surface area contributed by atoms with Crippen LogP contribution < -0.4 is 0 Å². The second-order valence-electron chi connectivity index (χ2n) is 6.16. The van der Waals surface area contributed by atoms with Crippen molar-refractivity contribution >= 4 is 21.6 Å². The van der Waals surface area contributed by atoms with Crippen LogP contribution in [0, 0.1) is 0 Å². The molecule has 0 aliphatic carbocycles. The van der Waals surface area contributed by atoms with Crippen LogP contribution in [0.1, 0.15) is 30.0 Å². The van der Waals surface area contributed by atoms with Crippen molar-refractivity contribution in [1.29, 1.82) is 0 Å². The van der Waals surface area contributed by atoms with Gasteiger partial charge in [0.2, 0.25) is 0 Å². The minimum atomic E-state index is 0.504. The summed E-state index contributed by atoms with van der Waals surface area (Å²) in [5.41, 5.74) is 3.55. The van der Waals surface area contributed by atoms with Gasteiger partial charge in [-0.05, 0) is 46.9 Å². The highest BCUT2D eigenvalue weighted by Crippen LogP contribution is 2.29. The second kappa shape index (κ2) is 6.42. The van der Waals surface area contributed by atoms with E-state index < -0.39 is 0 Å². The molecular formula is C18H19BrN4. The minimum absolute atomic E-state index is 0.504. The third-order valence-electron chi connectivity index (χ3n) is 4.56. The Bertz CT molecular complexity index is 799. The van der Waals surface area contributed by atoms with Crippen molar-refractivity contribution in [3.05, 3.63) is 64.5 Å². The van der Waals surface area contributed by atoms with Crippen molar-refractivity contribution in [3.8, 4) is 0 Å². The van der Waals surface area contributed by atoms with E-state index in [1.807, 2.05) is 16.9 Å². The highest BCUT2D eigenvalue weighted by molar-refractivity contribution is 9.10. The van der Waals surface area contributed by atoms with Crippen molar-refractivity contribution in [2.75, 3.05) is 13.1 Å². The zero-order valence-corrected chi connectivity index (χ0v) is 14.5. The molecule has 1 atom stereocenters. The number of piperidine rings is 1. The average molecular weight is 371 g/mol. The second-order valence-corrected chi connectivity index (χ2v) is 7.01. The smallest absolute Gasteiger partial charge is 0.169 e. The fraction of sp³-hybridized carbons (Fsp3) is 0.333. The molecule has 0 amide bonds. The maximum atomic E-state index is 4.49. The van der Waals surface area contributed by atoms with Gasteiger partial charge in [0.15, 0.2) is 5.65 Å². The predicted molar refractivity (Wildman–Crippen MR) is 94.4 cm³/mol. The predicted octanol–water partition coefficient (Wildman–Crippen LogP) is 3.87. The van der Waals surface area contributed by atoms with Crippen LogP contribution in [0.15, 0.2) is 53.3 Å². The molecule has 0 spiro atoms. The Hall–Kier alpha value is -1.72. The Morgan fingerprint density at radius 1 is 1.17 bits per heavy atom. The molecule has 3 aromatic rings. The molecule has 0 N–H and O–H groups in total. The highest BCUT2D eigenvalue weighted by Gasteiger charge is 2.24. The summed E-state index contributed by atoms with van der Waals surface area (Å²) in [6, 6.07) is 12.8. The van der Waals surface area contributed by atoms with Crippen molar-refractivity contribution in [2.45, 2.75) is 25.3 Å². The summed E-state index contributed by atoms with van der Waals surface area (Å²) in [7, 11) is 0. The molecule has 23 heavy (non-hydrogen) atoms. The molecule has 0 saturated carbocycles. The monoisotopic (exact) mass is 370 g/mol. The molecule has 1 fully saturated rings. The lowest BCUT2D eigenvalue weighted by Gasteiger charge is -2.33. The molecule has 4 nitrogen and oxygen atoms in total. The Morgan fingerprint density at radius 3 is 2.91 bits per heavy atom. The third kappa shape index (κ3) is 3.03. The summed E-state index contributed by atoms with van der Waals surface area (Å²) in [5, 5.41) is 4.49. The van der Waals surface area contributed by atoms with Gasteiger partial charge >= 0.3 is 0 Å². The number of likely N-dealkylation sites (tertiary alicyclic amines) is 1. The first-order chi connectivity index (χ1) is 11.3. The van der Waals surface area contributed by atoms with Gasteiger partial charge in [-0.3, -0.25) is 4.90 Å². The lowest BCUT2D eigenvalue weighted by atomic mass is 9.94. The number of hydrogen-bond acceptors (Lipinski definition) is 3. The number of nitrogens with zero attached hydrogens (tertiary/aromatic N) is 4. The topological polar surface area (TPSA) is 33.4 Å². The quantitative estimate of drug-likeness (QED) is 0.701. The molecule has 1 saturated heterocycles. The molecule has 1 aliphatic rings. The molecule has 3 heterocycles. The first kappa shape index (κ1) is 14.8. The fourth-order valence-corrected chi connectivity index (χ4v) is 3.84. The van der Waals surface area contributed by atoms with Crippen molar-refractivity contribution in [2.24, 2.45) is 0 Å². The van der Waals surface area contributed by atoms with Crippen molar-refractivity contribution in [3.63, 3.8) is 0 Å². The number of halogens is 1. The van der Waals surface area contributed by atoms with Gasteiger partial charge in [0.1, 0.15) is 0 Å². The van der Waals surface area contributed by atoms with E-state index in [1.54, 1.807) is 0 Å². The summed E-state index contributed by atoms with van der Waals surface area (Å²) < 4.78 is 2.94. The van der Waals surface area contributed by atoms with Crippen LogP contribution in [0.3, 0.4) is 0 Å². The van der Waals surface area contributed by atoms with Crippen LogP contribution in [-0.4, -0.2) is 32.6 Å². The van der Waals surface area contributed by atoms with Gasteiger partial charge in [-0.15, -0.1) is 0 Å². The number of hydrogen-bond donors (Lipinski definition) is 0. The zero-order valence-electron chi connectivity index (χ0n) is 12.9. The summed E-state index contributed by atoms with van der Waals surface area (Å²) in [4.78, 5) is 6.97. The number of rotatable bonds is 3. The van der Waals surface area contributed by atoms with Gasteiger partial charge in [0, 0.05) is 25.2 Å². The number of aromatic nitrogens is 3. The normalized spacial score (nSPS) is 19.3. The van der Waals surface area contributed by atoms with E-state index in [4.69, 9.17) is 0 Å². The Kier molecular flexibility index (Phi) is 4.14. The summed E-state index contributed by atoms with van der Waals surface area (Å²) in [6.45, 7) is 3.27. The Morgan fingerprint density at radius 2 is 2.04 bits per heavy atom. The van der Waals surface area contributed by atoms with E-state index >= 15 is 0 Å². The lowest BCUT2D eigenvalue weighted by molar-refractivity contribution is 0.197. The van der Waals surface area contributed by atoms with E-state index in [0.29, 0.717) is 5.92 Å². The molecular weight excluding hydrogens is 352 g/mol. The van der Waals surface area contributed by atoms with Crippen LogP contribution in [0.2, 0.25) is 0 Å². The number of fused-ring (bicyclic) bond motifs is 1. The van der Waals surface area contributed by atoms with Gasteiger partial charge in [0.05, 0.1) is 16.4 Å². The Balaban J connectivity index is 1.57. The van der Waals surface area contributed by atoms with Crippen LogP contribution in [-0.2, 0) is 6.54 Å². The summed E-state index contributed by atoms with van der Waals surface area (Å²) >= 11 is 3.52. The van der Waals surface area contributed by atoms with Crippen LogP contribution >= 0.6 is 15.9 Å².